The number of carbonyl (C=O) groups is 1. The van der Waals surface area contributed by atoms with E-state index >= 15 is 0 Å². The van der Waals surface area contributed by atoms with Gasteiger partial charge < -0.3 is 14.5 Å². The first-order chi connectivity index (χ1) is 9.10. The van der Waals surface area contributed by atoms with E-state index in [1.54, 1.807) is 30.3 Å². The topological polar surface area (TPSA) is 51.5 Å². The molecule has 6 heteroatoms. The molecule has 1 aromatic carbocycles. The molecular weight excluding hydrogens is 289 g/mol. The van der Waals surface area contributed by atoms with Gasteiger partial charge in [-0.1, -0.05) is 11.6 Å². The van der Waals surface area contributed by atoms with Crippen molar-refractivity contribution in [2.75, 3.05) is 12.4 Å². The lowest BCUT2D eigenvalue weighted by molar-refractivity contribution is 0.0602. The van der Waals surface area contributed by atoms with Crippen molar-refractivity contribution in [2.45, 2.75) is 6.54 Å². The van der Waals surface area contributed by atoms with Gasteiger partial charge in [-0.15, -0.1) is 0 Å². The zero-order valence-electron chi connectivity index (χ0n) is 10.1. The van der Waals surface area contributed by atoms with Crippen LogP contribution in [0.4, 0.5) is 5.69 Å². The number of furan rings is 1. The highest BCUT2D eigenvalue weighted by atomic mass is 35.5. The van der Waals surface area contributed by atoms with Crippen molar-refractivity contribution < 1.29 is 13.9 Å². The molecule has 0 bridgehead atoms. The zero-order chi connectivity index (χ0) is 13.8. The summed E-state index contributed by atoms with van der Waals surface area (Å²) in [5.74, 6) is 0.220. The Labute approximate surface area is 120 Å². The Morgan fingerprint density at radius 3 is 2.74 bits per heavy atom. The predicted octanol–water partition coefficient (Wildman–Crippen LogP) is 3.99. The molecule has 2 aromatic rings. The number of carbonyl (C=O) groups excluding carboxylic acids is 1. The van der Waals surface area contributed by atoms with Crippen LogP contribution in [0.1, 0.15) is 16.1 Å². The van der Waals surface area contributed by atoms with Crippen LogP contribution in [-0.2, 0) is 11.3 Å². The highest BCUT2D eigenvalue weighted by Crippen LogP contribution is 2.23. The smallest absolute Gasteiger partial charge is 0.339 e. The standard InChI is InChI=1S/C13H11Cl2NO3/c1-18-13(17)10-4-2-8(14)6-11(10)16-7-9-3-5-12(15)19-9/h2-6,16H,7H2,1H3. The molecule has 19 heavy (non-hydrogen) atoms. The van der Waals surface area contributed by atoms with Gasteiger partial charge in [-0.2, -0.15) is 0 Å². The van der Waals surface area contributed by atoms with Crippen molar-refractivity contribution in [3.63, 3.8) is 0 Å². The summed E-state index contributed by atoms with van der Waals surface area (Å²) in [6, 6.07) is 8.28. The summed E-state index contributed by atoms with van der Waals surface area (Å²) in [6.45, 7) is 0.386. The number of rotatable bonds is 4. The summed E-state index contributed by atoms with van der Waals surface area (Å²) in [4.78, 5) is 11.6. The predicted molar refractivity (Wildman–Crippen MR) is 73.8 cm³/mol. The van der Waals surface area contributed by atoms with E-state index in [9.17, 15) is 4.79 Å². The number of halogens is 2. The van der Waals surface area contributed by atoms with E-state index in [0.29, 0.717) is 33.8 Å². The molecule has 0 aliphatic rings. The number of nitrogens with one attached hydrogen (secondary N) is 1. The van der Waals surface area contributed by atoms with Gasteiger partial charge in [0.2, 0.25) is 0 Å². The first kappa shape index (κ1) is 13.8. The van der Waals surface area contributed by atoms with Crippen LogP contribution in [0.25, 0.3) is 0 Å². The van der Waals surface area contributed by atoms with E-state index in [1.807, 2.05) is 0 Å². The maximum Gasteiger partial charge on any atom is 0.339 e. The van der Waals surface area contributed by atoms with Crippen LogP contribution in [0.15, 0.2) is 34.7 Å². The van der Waals surface area contributed by atoms with Crippen molar-refractivity contribution in [3.05, 3.63) is 51.9 Å². The van der Waals surface area contributed by atoms with Crippen molar-refractivity contribution in [3.8, 4) is 0 Å². The van der Waals surface area contributed by atoms with Gasteiger partial charge in [-0.3, -0.25) is 0 Å². The minimum absolute atomic E-state index is 0.316. The van der Waals surface area contributed by atoms with Crippen LogP contribution >= 0.6 is 23.2 Å². The molecular formula is C13H11Cl2NO3. The molecule has 2 rings (SSSR count). The number of hydrogen-bond donors (Lipinski definition) is 1. The Bertz CT molecular complexity index is 595. The number of benzene rings is 1. The summed E-state index contributed by atoms with van der Waals surface area (Å²) < 4.78 is 9.92. The molecule has 100 valence electrons. The van der Waals surface area contributed by atoms with E-state index in [1.165, 1.54) is 7.11 Å². The molecule has 0 saturated heterocycles. The quantitative estimate of drug-likeness (QED) is 0.868. The van der Waals surface area contributed by atoms with Gasteiger partial charge in [0, 0.05) is 5.02 Å². The van der Waals surface area contributed by atoms with E-state index in [2.05, 4.69) is 5.32 Å². The second kappa shape index (κ2) is 5.99. The molecule has 0 unspecified atom stereocenters. The fourth-order valence-corrected chi connectivity index (χ4v) is 1.91. The van der Waals surface area contributed by atoms with Gasteiger partial charge in [-0.25, -0.2) is 4.79 Å². The van der Waals surface area contributed by atoms with Crippen LogP contribution in [0.3, 0.4) is 0 Å². The highest BCUT2D eigenvalue weighted by molar-refractivity contribution is 6.31. The molecule has 0 atom stereocenters. The van der Waals surface area contributed by atoms with Gasteiger partial charge in [0.25, 0.3) is 0 Å². The molecule has 0 spiro atoms. The summed E-state index contributed by atoms with van der Waals surface area (Å²) >= 11 is 11.6. The van der Waals surface area contributed by atoms with Crippen molar-refractivity contribution >= 4 is 34.9 Å². The first-order valence-corrected chi connectivity index (χ1v) is 6.21. The fourth-order valence-electron chi connectivity index (χ4n) is 1.58. The first-order valence-electron chi connectivity index (χ1n) is 5.46. The molecule has 0 radical (unpaired) electrons. The Hall–Kier alpha value is -1.65. The lowest BCUT2D eigenvalue weighted by atomic mass is 10.1. The molecule has 1 aromatic heterocycles. The van der Waals surface area contributed by atoms with Gasteiger partial charge in [0.05, 0.1) is 24.9 Å². The SMILES string of the molecule is COC(=O)c1ccc(Cl)cc1NCc1ccc(Cl)o1. The Kier molecular flexibility index (Phi) is 4.35. The minimum Gasteiger partial charge on any atom is -0.465 e. The summed E-state index contributed by atoms with van der Waals surface area (Å²) in [5, 5.41) is 3.90. The molecule has 0 aliphatic heterocycles. The maximum atomic E-state index is 11.6. The van der Waals surface area contributed by atoms with Crippen molar-refractivity contribution in [1.29, 1.82) is 0 Å². The van der Waals surface area contributed by atoms with E-state index in [4.69, 9.17) is 32.4 Å². The zero-order valence-corrected chi connectivity index (χ0v) is 11.6. The third kappa shape index (κ3) is 3.43. The van der Waals surface area contributed by atoms with Gasteiger partial charge >= 0.3 is 5.97 Å². The minimum atomic E-state index is -0.434. The molecule has 1 N–H and O–H groups in total. The second-order valence-corrected chi connectivity index (χ2v) is 4.55. The van der Waals surface area contributed by atoms with E-state index in [0.717, 1.165) is 0 Å². The van der Waals surface area contributed by atoms with Crippen LogP contribution < -0.4 is 5.32 Å². The summed E-state index contributed by atoms with van der Waals surface area (Å²) in [5.41, 5.74) is 0.983. The molecule has 0 saturated carbocycles. The average molecular weight is 300 g/mol. The number of methoxy groups -OCH3 is 1. The van der Waals surface area contributed by atoms with Crippen LogP contribution in [-0.4, -0.2) is 13.1 Å². The van der Waals surface area contributed by atoms with Crippen LogP contribution in [0, 0.1) is 0 Å². The second-order valence-electron chi connectivity index (χ2n) is 3.74. The molecule has 0 aliphatic carbocycles. The average Bonchev–Trinajstić information content (AvgIpc) is 2.81. The van der Waals surface area contributed by atoms with E-state index in [-0.39, 0.29) is 0 Å². The maximum absolute atomic E-state index is 11.6. The molecule has 0 amide bonds. The van der Waals surface area contributed by atoms with Gasteiger partial charge in [0.1, 0.15) is 5.76 Å². The normalized spacial score (nSPS) is 10.3. The van der Waals surface area contributed by atoms with Crippen LogP contribution in [0.2, 0.25) is 10.2 Å². The summed E-state index contributed by atoms with van der Waals surface area (Å²) in [6.07, 6.45) is 0. The molecule has 1 heterocycles. The largest absolute Gasteiger partial charge is 0.465 e. The Balaban J connectivity index is 2.18. The number of anilines is 1. The number of esters is 1. The monoisotopic (exact) mass is 299 g/mol. The Morgan fingerprint density at radius 1 is 1.32 bits per heavy atom. The molecule has 0 fully saturated rings. The van der Waals surface area contributed by atoms with Gasteiger partial charge in [0.15, 0.2) is 5.22 Å². The molecule has 4 nitrogen and oxygen atoms in total. The fraction of sp³-hybridized carbons (Fsp3) is 0.154. The number of ether oxygens (including phenoxy) is 1. The van der Waals surface area contributed by atoms with Crippen molar-refractivity contribution in [2.24, 2.45) is 0 Å². The third-order valence-electron chi connectivity index (χ3n) is 2.47. The summed E-state index contributed by atoms with van der Waals surface area (Å²) in [7, 11) is 1.33. The lowest BCUT2D eigenvalue weighted by Gasteiger charge is -2.10. The lowest BCUT2D eigenvalue weighted by Crippen LogP contribution is -2.08. The highest BCUT2D eigenvalue weighted by Gasteiger charge is 2.12. The number of hydrogen-bond acceptors (Lipinski definition) is 4. The van der Waals surface area contributed by atoms with Gasteiger partial charge in [-0.05, 0) is 41.9 Å². The Morgan fingerprint density at radius 2 is 2.11 bits per heavy atom. The van der Waals surface area contributed by atoms with Crippen LogP contribution in [0.5, 0.6) is 0 Å². The van der Waals surface area contributed by atoms with E-state index < -0.39 is 5.97 Å². The van der Waals surface area contributed by atoms with Crippen molar-refractivity contribution in [1.82, 2.24) is 0 Å². The third-order valence-corrected chi connectivity index (χ3v) is 2.91.